The number of hydrogen-bond acceptors (Lipinski definition) is 3. The van der Waals surface area contributed by atoms with E-state index in [9.17, 15) is 13.6 Å². The molecule has 0 unspecified atom stereocenters. The van der Waals surface area contributed by atoms with Gasteiger partial charge in [-0.05, 0) is 6.92 Å². The molecule has 0 aliphatic heterocycles. The summed E-state index contributed by atoms with van der Waals surface area (Å²) in [7, 11) is 1.29. The van der Waals surface area contributed by atoms with Crippen molar-refractivity contribution in [2.75, 3.05) is 7.11 Å². The van der Waals surface area contributed by atoms with Gasteiger partial charge in [-0.15, -0.1) is 0 Å². The van der Waals surface area contributed by atoms with Crippen LogP contribution in [0.3, 0.4) is 0 Å². The first-order chi connectivity index (χ1) is 9.44. The first-order valence-electron chi connectivity index (χ1n) is 6.00. The Bertz CT molecular complexity index is 654. The van der Waals surface area contributed by atoms with Gasteiger partial charge >= 0.3 is 0 Å². The second-order valence-corrected chi connectivity index (χ2v) is 4.38. The maximum absolute atomic E-state index is 14.2. The predicted octanol–water partition coefficient (Wildman–Crippen LogP) is 2.35. The van der Waals surface area contributed by atoms with Gasteiger partial charge in [-0.3, -0.25) is 9.36 Å². The molecule has 0 aliphatic carbocycles. The zero-order valence-corrected chi connectivity index (χ0v) is 11.1. The number of alkyl halides is 2. The number of ether oxygens (including phenoxy) is 1. The Labute approximate surface area is 114 Å². The Morgan fingerprint density at radius 1 is 1.30 bits per heavy atom. The van der Waals surface area contributed by atoms with Crippen LogP contribution in [0.2, 0.25) is 0 Å². The van der Waals surface area contributed by atoms with Crippen LogP contribution in [-0.2, 0) is 12.5 Å². The number of benzene rings is 1. The molecule has 0 radical (unpaired) electrons. The number of nitrogens with zero attached hydrogens (tertiary/aromatic N) is 2. The molecule has 20 heavy (non-hydrogen) atoms. The Hall–Kier alpha value is -2.24. The monoisotopic (exact) mass is 280 g/mol. The van der Waals surface area contributed by atoms with E-state index in [0.717, 1.165) is 4.57 Å². The van der Waals surface area contributed by atoms with Crippen LogP contribution in [0.15, 0.2) is 41.2 Å². The van der Waals surface area contributed by atoms with E-state index in [1.165, 1.54) is 37.4 Å². The van der Waals surface area contributed by atoms with Crippen LogP contribution in [-0.4, -0.2) is 16.7 Å². The lowest BCUT2D eigenvalue weighted by atomic mass is 10.1. The van der Waals surface area contributed by atoms with E-state index in [0.29, 0.717) is 5.69 Å². The third-order valence-corrected chi connectivity index (χ3v) is 2.84. The van der Waals surface area contributed by atoms with Gasteiger partial charge in [0.25, 0.3) is 17.5 Å². The van der Waals surface area contributed by atoms with Crippen molar-refractivity contribution in [3.05, 3.63) is 58.0 Å². The lowest BCUT2D eigenvalue weighted by molar-refractivity contribution is -0.0253. The number of aromatic nitrogens is 2. The quantitative estimate of drug-likeness (QED) is 0.863. The number of halogens is 2. The van der Waals surface area contributed by atoms with Gasteiger partial charge in [0.1, 0.15) is 0 Å². The summed E-state index contributed by atoms with van der Waals surface area (Å²) in [5.74, 6) is -3.19. The number of methoxy groups -OCH3 is 1. The lowest BCUT2D eigenvalue weighted by Crippen LogP contribution is -2.31. The number of rotatable bonds is 4. The normalized spacial score (nSPS) is 11.4. The highest BCUT2D eigenvalue weighted by atomic mass is 19.3. The van der Waals surface area contributed by atoms with Crippen LogP contribution in [0.25, 0.3) is 0 Å². The maximum Gasteiger partial charge on any atom is 0.299 e. The van der Waals surface area contributed by atoms with Crippen LogP contribution in [0.5, 0.6) is 6.01 Å². The van der Waals surface area contributed by atoms with E-state index in [4.69, 9.17) is 4.74 Å². The highest BCUT2D eigenvalue weighted by molar-refractivity contribution is 5.20. The van der Waals surface area contributed by atoms with Crippen LogP contribution in [0, 0.1) is 6.92 Å². The zero-order valence-electron chi connectivity index (χ0n) is 11.1. The van der Waals surface area contributed by atoms with Gasteiger partial charge in [-0.1, -0.05) is 30.3 Å². The fourth-order valence-corrected chi connectivity index (χ4v) is 1.87. The standard InChI is InChI=1S/C14H14F2N2O2/c1-10-8-12(19)18(13(17-10)20-2)9-14(15,16)11-6-4-3-5-7-11/h3-8H,9H2,1-2H3. The van der Waals surface area contributed by atoms with Crippen molar-refractivity contribution in [1.29, 1.82) is 0 Å². The molecule has 2 aromatic rings. The highest BCUT2D eigenvalue weighted by Gasteiger charge is 2.33. The van der Waals surface area contributed by atoms with Crippen molar-refractivity contribution in [2.45, 2.75) is 19.4 Å². The molecule has 0 saturated heterocycles. The Balaban J connectivity index is 2.42. The summed E-state index contributed by atoms with van der Waals surface area (Å²) in [6, 6.07) is 8.42. The molecule has 0 aliphatic rings. The molecule has 1 heterocycles. The maximum atomic E-state index is 14.2. The van der Waals surface area contributed by atoms with Crippen molar-refractivity contribution in [2.24, 2.45) is 0 Å². The van der Waals surface area contributed by atoms with E-state index in [1.54, 1.807) is 13.0 Å². The van der Waals surface area contributed by atoms with Crippen LogP contribution in [0.4, 0.5) is 8.78 Å². The molecule has 6 heteroatoms. The molecule has 0 amide bonds. The first kappa shape index (κ1) is 14.2. The van der Waals surface area contributed by atoms with Crippen LogP contribution in [0.1, 0.15) is 11.3 Å². The van der Waals surface area contributed by atoms with E-state index in [2.05, 4.69) is 4.98 Å². The van der Waals surface area contributed by atoms with Gasteiger partial charge in [-0.25, -0.2) is 4.98 Å². The SMILES string of the molecule is COc1nc(C)cc(=O)n1CC(F)(F)c1ccccc1. The summed E-state index contributed by atoms with van der Waals surface area (Å²) in [4.78, 5) is 15.8. The fourth-order valence-electron chi connectivity index (χ4n) is 1.87. The third-order valence-electron chi connectivity index (χ3n) is 2.84. The lowest BCUT2D eigenvalue weighted by Gasteiger charge is -2.19. The Kier molecular flexibility index (Phi) is 3.83. The Morgan fingerprint density at radius 2 is 1.95 bits per heavy atom. The highest BCUT2D eigenvalue weighted by Crippen LogP contribution is 2.30. The van der Waals surface area contributed by atoms with Crippen molar-refractivity contribution in [1.82, 2.24) is 9.55 Å². The summed E-state index contributed by atoms with van der Waals surface area (Å²) >= 11 is 0. The second-order valence-electron chi connectivity index (χ2n) is 4.38. The van der Waals surface area contributed by atoms with Crippen molar-refractivity contribution in [3.63, 3.8) is 0 Å². The van der Waals surface area contributed by atoms with E-state index >= 15 is 0 Å². The minimum Gasteiger partial charge on any atom is -0.468 e. The van der Waals surface area contributed by atoms with Gasteiger partial charge < -0.3 is 4.74 Å². The molecule has 0 fully saturated rings. The van der Waals surface area contributed by atoms with Gasteiger partial charge in [0.2, 0.25) is 0 Å². The second kappa shape index (κ2) is 5.40. The number of aryl methyl sites for hydroxylation is 1. The summed E-state index contributed by atoms with van der Waals surface area (Å²) in [6.45, 7) is 0.788. The third kappa shape index (κ3) is 2.84. The molecule has 4 nitrogen and oxygen atoms in total. The molecule has 1 aromatic heterocycles. The van der Waals surface area contributed by atoms with Gasteiger partial charge in [-0.2, -0.15) is 8.78 Å². The number of hydrogen-bond donors (Lipinski definition) is 0. The first-order valence-corrected chi connectivity index (χ1v) is 6.00. The zero-order chi connectivity index (χ0) is 14.8. The molecule has 1 aromatic carbocycles. The van der Waals surface area contributed by atoms with E-state index < -0.39 is 18.0 Å². The molecular formula is C14H14F2N2O2. The average molecular weight is 280 g/mol. The summed E-state index contributed by atoms with van der Waals surface area (Å²) in [5.41, 5.74) is -0.300. The molecule has 0 saturated carbocycles. The van der Waals surface area contributed by atoms with Crippen LogP contribution < -0.4 is 10.3 Å². The minimum atomic E-state index is -3.19. The molecular weight excluding hydrogens is 266 g/mol. The average Bonchev–Trinajstić information content (AvgIpc) is 2.42. The topological polar surface area (TPSA) is 44.1 Å². The van der Waals surface area contributed by atoms with Crippen molar-refractivity contribution in [3.8, 4) is 6.01 Å². The van der Waals surface area contributed by atoms with Crippen molar-refractivity contribution < 1.29 is 13.5 Å². The molecule has 0 bridgehead atoms. The van der Waals surface area contributed by atoms with Gasteiger partial charge in [0, 0.05) is 17.3 Å². The molecule has 0 atom stereocenters. The summed E-state index contributed by atoms with van der Waals surface area (Å²) in [5, 5.41) is 0. The molecule has 106 valence electrons. The predicted molar refractivity (Wildman–Crippen MR) is 70.1 cm³/mol. The summed E-state index contributed by atoms with van der Waals surface area (Å²) < 4.78 is 34.1. The fraction of sp³-hybridized carbons (Fsp3) is 0.286. The van der Waals surface area contributed by atoms with E-state index in [-0.39, 0.29) is 11.6 Å². The Morgan fingerprint density at radius 3 is 2.55 bits per heavy atom. The summed E-state index contributed by atoms with van der Waals surface area (Å²) in [6.07, 6.45) is 0. The van der Waals surface area contributed by atoms with Gasteiger partial charge in [0.15, 0.2) is 0 Å². The van der Waals surface area contributed by atoms with Crippen LogP contribution >= 0.6 is 0 Å². The molecule has 2 rings (SSSR count). The largest absolute Gasteiger partial charge is 0.468 e. The van der Waals surface area contributed by atoms with Gasteiger partial charge in [0.05, 0.1) is 13.7 Å². The molecule has 0 spiro atoms. The molecule has 0 N–H and O–H groups in total. The van der Waals surface area contributed by atoms with Crippen molar-refractivity contribution >= 4 is 0 Å². The van der Waals surface area contributed by atoms with E-state index in [1.807, 2.05) is 0 Å². The minimum absolute atomic E-state index is 0.120. The smallest absolute Gasteiger partial charge is 0.299 e.